The lowest BCUT2D eigenvalue weighted by Gasteiger charge is -2.30. The van der Waals surface area contributed by atoms with Crippen molar-refractivity contribution in [1.29, 1.82) is 0 Å². The second-order valence-corrected chi connectivity index (χ2v) is 8.97. The third-order valence-electron chi connectivity index (χ3n) is 3.51. The van der Waals surface area contributed by atoms with Crippen LogP contribution >= 0.6 is 22.7 Å². The van der Waals surface area contributed by atoms with Gasteiger partial charge in [0, 0.05) is 24.7 Å². The van der Waals surface area contributed by atoms with Crippen molar-refractivity contribution in [2.75, 3.05) is 18.4 Å². The number of hydrogen-bond acceptors (Lipinski definition) is 6. The summed E-state index contributed by atoms with van der Waals surface area (Å²) in [6.07, 6.45) is 2.99. The minimum absolute atomic E-state index is 0.166. The van der Waals surface area contributed by atoms with E-state index in [9.17, 15) is 13.2 Å². The highest BCUT2D eigenvalue weighted by atomic mass is 32.2. The fourth-order valence-corrected chi connectivity index (χ4v) is 5.61. The Hall–Kier alpha value is -1.29. The van der Waals surface area contributed by atoms with Crippen LogP contribution in [0.2, 0.25) is 0 Å². The molecule has 3 heterocycles. The number of carbonyl (C=O) groups excluding carboxylic acids is 1. The molecule has 0 aliphatic carbocycles. The van der Waals surface area contributed by atoms with Crippen molar-refractivity contribution in [2.24, 2.45) is 5.92 Å². The van der Waals surface area contributed by atoms with Crippen LogP contribution in [0.1, 0.15) is 12.8 Å². The number of thiophene rings is 1. The highest BCUT2D eigenvalue weighted by Gasteiger charge is 2.33. The average molecular weight is 357 g/mol. The van der Waals surface area contributed by atoms with Crippen molar-refractivity contribution in [3.05, 3.63) is 29.1 Å². The number of carbonyl (C=O) groups is 1. The molecule has 9 heteroatoms. The van der Waals surface area contributed by atoms with E-state index < -0.39 is 10.0 Å². The zero-order valence-corrected chi connectivity index (χ0v) is 14.1. The summed E-state index contributed by atoms with van der Waals surface area (Å²) in [5.74, 6) is -0.506. The van der Waals surface area contributed by atoms with Crippen molar-refractivity contribution in [3.8, 4) is 0 Å². The molecule has 1 fully saturated rings. The number of piperidine rings is 1. The van der Waals surface area contributed by atoms with Crippen molar-refractivity contribution in [3.63, 3.8) is 0 Å². The van der Waals surface area contributed by atoms with Gasteiger partial charge < -0.3 is 5.32 Å². The van der Waals surface area contributed by atoms with Gasteiger partial charge in [0.15, 0.2) is 5.13 Å². The molecule has 1 N–H and O–H groups in total. The van der Waals surface area contributed by atoms with E-state index in [1.165, 1.54) is 27.0 Å². The Balaban J connectivity index is 1.70. The van der Waals surface area contributed by atoms with Gasteiger partial charge in [-0.15, -0.1) is 22.7 Å². The molecular formula is C13H15N3O3S3. The van der Waals surface area contributed by atoms with E-state index in [1.807, 2.05) is 0 Å². The molecule has 2 aromatic rings. The molecule has 22 heavy (non-hydrogen) atoms. The maximum atomic E-state index is 12.5. The monoisotopic (exact) mass is 357 g/mol. The number of hydrogen-bond donors (Lipinski definition) is 1. The van der Waals surface area contributed by atoms with Crippen LogP contribution in [0, 0.1) is 5.92 Å². The van der Waals surface area contributed by atoms with E-state index in [0.717, 1.165) is 0 Å². The van der Waals surface area contributed by atoms with E-state index >= 15 is 0 Å². The number of amides is 1. The summed E-state index contributed by atoms with van der Waals surface area (Å²) in [6, 6.07) is 3.31. The summed E-state index contributed by atoms with van der Waals surface area (Å²) in [5, 5.41) is 6.81. The first-order chi connectivity index (χ1) is 10.6. The average Bonchev–Trinajstić information content (AvgIpc) is 3.21. The van der Waals surface area contributed by atoms with Crippen molar-refractivity contribution >= 4 is 43.7 Å². The minimum atomic E-state index is -3.49. The molecule has 6 nitrogen and oxygen atoms in total. The Bertz CT molecular complexity index is 726. The Labute approximate surface area is 136 Å². The smallest absolute Gasteiger partial charge is 0.252 e. The molecule has 2 aromatic heterocycles. The summed E-state index contributed by atoms with van der Waals surface area (Å²) in [6.45, 7) is 0.679. The molecule has 118 valence electrons. The molecule has 0 aromatic carbocycles. The van der Waals surface area contributed by atoms with Crippen molar-refractivity contribution in [2.45, 2.75) is 17.1 Å². The zero-order valence-electron chi connectivity index (χ0n) is 11.6. The predicted molar refractivity (Wildman–Crippen MR) is 86.5 cm³/mol. The van der Waals surface area contributed by atoms with Gasteiger partial charge in [0.05, 0.1) is 5.92 Å². The third-order valence-corrected chi connectivity index (χ3v) is 7.43. The Morgan fingerprint density at radius 3 is 2.91 bits per heavy atom. The van der Waals surface area contributed by atoms with Gasteiger partial charge >= 0.3 is 0 Å². The first-order valence-corrected chi connectivity index (χ1v) is 10.0. The number of rotatable bonds is 4. The normalized spacial score (nSPS) is 19.9. The fourth-order valence-electron chi connectivity index (χ4n) is 2.40. The van der Waals surface area contributed by atoms with Gasteiger partial charge in [-0.25, -0.2) is 13.4 Å². The summed E-state index contributed by atoms with van der Waals surface area (Å²) in [5.41, 5.74) is 0. The highest BCUT2D eigenvalue weighted by Crippen LogP contribution is 2.27. The molecule has 0 bridgehead atoms. The first-order valence-electron chi connectivity index (χ1n) is 6.81. The van der Waals surface area contributed by atoms with Gasteiger partial charge in [0.25, 0.3) is 10.0 Å². The van der Waals surface area contributed by atoms with E-state index in [4.69, 9.17) is 0 Å². The summed E-state index contributed by atoms with van der Waals surface area (Å²) >= 11 is 2.54. The maximum Gasteiger partial charge on any atom is 0.252 e. The topological polar surface area (TPSA) is 79.4 Å². The standard InChI is InChI=1S/C13H15N3O3S3/c17-12(15-13-14-5-8-21-13)10-3-1-6-16(9-10)22(18,19)11-4-2-7-20-11/h2,4-5,7-8,10H,1,3,6,9H2,(H,14,15,17)/t10-/m1/s1. The van der Waals surface area contributed by atoms with E-state index in [0.29, 0.717) is 28.7 Å². The molecular weight excluding hydrogens is 342 g/mol. The lowest BCUT2D eigenvalue weighted by Crippen LogP contribution is -2.43. The number of nitrogens with zero attached hydrogens (tertiary/aromatic N) is 2. The van der Waals surface area contributed by atoms with Crippen LogP contribution in [0.5, 0.6) is 0 Å². The Morgan fingerprint density at radius 2 is 2.23 bits per heavy atom. The molecule has 1 saturated heterocycles. The number of nitrogens with one attached hydrogen (secondary N) is 1. The minimum Gasteiger partial charge on any atom is -0.302 e. The quantitative estimate of drug-likeness (QED) is 0.910. The molecule has 1 amide bonds. The van der Waals surface area contributed by atoms with Gasteiger partial charge in [0.1, 0.15) is 4.21 Å². The Kier molecular flexibility index (Phi) is 4.57. The maximum absolute atomic E-state index is 12.5. The van der Waals surface area contributed by atoms with Crippen LogP contribution in [-0.2, 0) is 14.8 Å². The van der Waals surface area contributed by atoms with E-state index in [2.05, 4.69) is 10.3 Å². The summed E-state index contributed by atoms with van der Waals surface area (Å²) in [7, 11) is -3.49. The molecule has 0 unspecified atom stereocenters. The largest absolute Gasteiger partial charge is 0.302 e. The third kappa shape index (κ3) is 3.22. The number of aromatic nitrogens is 1. The SMILES string of the molecule is O=C(Nc1nccs1)[C@@H]1CCCN(S(=O)(=O)c2cccs2)C1. The number of sulfonamides is 1. The van der Waals surface area contributed by atoms with Crippen LogP contribution < -0.4 is 5.32 Å². The van der Waals surface area contributed by atoms with Gasteiger partial charge in [-0.2, -0.15) is 4.31 Å². The molecule has 1 aliphatic rings. The first kappa shape index (κ1) is 15.6. The van der Waals surface area contributed by atoms with Crippen LogP contribution in [-0.4, -0.2) is 36.7 Å². The van der Waals surface area contributed by atoms with Gasteiger partial charge in [-0.05, 0) is 24.3 Å². The van der Waals surface area contributed by atoms with Crippen LogP contribution in [0.4, 0.5) is 5.13 Å². The highest BCUT2D eigenvalue weighted by molar-refractivity contribution is 7.91. The second kappa shape index (κ2) is 6.45. The van der Waals surface area contributed by atoms with Gasteiger partial charge in [-0.1, -0.05) is 6.07 Å². The lowest BCUT2D eigenvalue weighted by molar-refractivity contribution is -0.120. The van der Waals surface area contributed by atoms with Crippen molar-refractivity contribution < 1.29 is 13.2 Å². The van der Waals surface area contributed by atoms with Gasteiger partial charge in [0.2, 0.25) is 5.91 Å². The molecule has 0 spiro atoms. The summed E-state index contributed by atoms with van der Waals surface area (Å²) in [4.78, 5) is 16.3. The van der Waals surface area contributed by atoms with Gasteiger partial charge in [-0.3, -0.25) is 4.79 Å². The Morgan fingerprint density at radius 1 is 1.36 bits per heavy atom. The van der Waals surface area contributed by atoms with Crippen LogP contribution in [0.25, 0.3) is 0 Å². The molecule has 1 atom stereocenters. The van der Waals surface area contributed by atoms with Crippen LogP contribution in [0.15, 0.2) is 33.3 Å². The molecule has 3 rings (SSSR count). The number of thiazole rings is 1. The molecule has 0 radical (unpaired) electrons. The van der Waals surface area contributed by atoms with Crippen molar-refractivity contribution in [1.82, 2.24) is 9.29 Å². The summed E-state index contributed by atoms with van der Waals surface area (Å²) < 4.78 is 26.8. The fraction of sp³-hybridized carbons (Fsp3) is 0.385. The van der Waals surface area contributed by atoms with E-state index in [-0.39, 0.29) is 18.4 Å². The molecule has 0 saturated carbocycles. The molecule has 1 aliphatic heterocycles. The second-order valence-electron chi connectivity index (χ2n) is 4.96. The van der Waals surface area contributed by atoms with E-state index in [1.54, 1.807) is 29.1 Å². The number of anilines is 1. The lowest BCUT2D eigenvalue weighted by atomic mass is 9.99. The zero-order chi connectivity index (χ0) is 15.6. The van der Waals surface area contributed by atoms with Crippen LogP contribution in [0.3, 0.4) is 0 Å². The predicted octanol–water partition coefficient (Wildman–Crippen LogP) is 2.24.